The van der Waals surface area contributed by atoms with Crippen LogP contribution in [0.2, 0.25) is 5.02 Å². The van der Waals surface area contributed by atoms with E-state index in [1.165, 1.54) is 0 Å². The highest BCUT2D eigenvalue weighted by Crippen LogP contribution is 2.21. The predicted molar refractivity (Wildman–Crippen MR) is 67.8 cm³/mol. The zero-order valence-corrected chi connectivity index (χ0v) is 11.0. The molecule has 0 saturated heterocycles. The third-order valence-electron chi connectivity index (χ3n) is 2.10. The standard InChI is InChI=1S/C11H13BrClNO/c1-3-9(12)11(15)14-10-6-8(13)5-4-7(10)2/h4-6,9H,3H2,1-2H3,(H,14,15)/t9-/m1/s1. The molecule has 0 bridgehead atoms. The van der Waals surface area contributed by atoms with Crippen LogP contribution < -0.4 is 5.32 Å². The summed E-state index contributed by atoms with van der Waals surface area (Å²) < 4.78 is 0. The molecular formula is C11H13BrClNO. The lowest BCUT2D eigenvalue weighted by molar-refractivity contribution is -0.115. The molecule has 0 aliphatic heterocycles. The van der Waals surface area contributed by atoms with Gasteiger partial charge >= 0.3 is 0 Å². The number of halogens is 2. The average Bonchev–Trinajstić information content (AvgIpc) is 2.22. The lowest BCUT2D eigenvalue weighted by Crippen LogP contribution is -2.22. The molecule has 0 unspecified atom stereocenters. The van der Waals surface area contributed by atoms with E-state index in [-0.39, 0.29) is 10.7 Å². The minimum Gasteiger partial charge on any atom is -0.325 e. The molecule has 0 heterocycles. The largest absolute Gasteiger partial charge is 0.325 e. The number of aryl methyl sites for hydroxylation is 1. The van der Waals surface area contributed by atoms with E-state index in [2.05, 4.69) is 21.2 Å². The van der Waals surface area contributed by atoms with Gasteiger partial charge in [0.2, 0.25) is 5.91 Å². The number of anilines is 1. The fourth-order valence-electron chi connectivity index (χ4n) is 1.13. The van der Waals surface area contributed by atoms with Gasteiger partial charge in [0.1, 0.15) is 0 Å². The molecule has 1 atom stereocenters. The van der Waals surface area contributed by atoms with E-state index in [0.717, 1.165) is 17.7 Å². The summed E-state index contributed by atoms with van der Waals surface area (Å²) in [6, 6.07) is 5.44. The number of benzene rings is 1. The van der Waals surface area contributed by atoms with E-state index in [4.69, 9.17) is 11.6 Å². The van der Waals surface area contributed by atoms with Crippen molar-refractivity contribution in [3.05, 3.63) is 28.8 Å². The van der Waals surface area contributed by atoms with Crippen LogP contribution in [0.5, 0.6) is 0 Å². The van der Waals surface area contributed by atoms with Crippen molar-refractivity contribution in [1.29, 1.82) is 0 Å². The first kappa shape index (κ1) is 12.5. The number of carbonyl (C=O) groups is 1. The zero-order valence-electron chi connectivity index (χ0n) is 8.68. The van der Waals surface area contributed by atoms with Crippen LogP contribution in [-0.2, 0) is 4.79 Å². The highest BCUT2D eigenvalue weighted by Gasteiger charge is 2.13. The first-order valence-corrected chi connectivity index (χ1v) is 6.05. The van der Waals surface area contributed by atoms with Crippen molar-refractivity contribution in [2.24, 2.45) is 0 Å². The van der Waals surface area contributed by atoms with E-state index in [9.17, 15) is 4.79 Å². The van der Waals surface area contributed by atoms with Gasteiger partial charge in [-0.15, -0.1) is 0 Å². The summed E-state index contributed by atoms with van der Waals surface area (Å²) in [6.07, 6.45) is 0.755. The van der Waals surface area contributed by atoms with Gasteiger partial charge in [-0.3, -0.25) is 4.79 Å². The predicted octanol–water partition coefficient (Wildman–Crippen LogP) is 3.76. The van der Waals surface area contributed by atoms with Crippen LogP contribution in [0.25, 0.3) is 0 Å². The number of carbonyl (C=O) groups excluding carboxylic acids is 1. The van der Waals surface area contributed by atoms with Gasteiger partial charge < -0.3 is 5.32 Å². The molecule has 0 aliphatic carbocycles. The van der Waals surface area contributed by atoms with Gasteiger partial charge in [-0.05, 0) is 31.0 Å². The Hall–Kier alpha value is -0.540. The van der Waals surface area contributed by atoms with Gasteiger partial charge in [0.05, 0.1) is 4.83 Å². The summed E-state index contributed by atoms with van der Waals surface area (Å²) in [6.45, 7) is 3.88. The molecule has 4 heteroatoms. The Morgan fingerprint density at radius 3 is 2.87 bits per heavy atom. The number of hydrogen-bond acceptors (Lipinski definition) is 1. The normalized spacial score (nSPS) is 12.3. The number of alkyl halides is 1. The molecule has 0 radical (unpaired) electrons. The SMILES string of the molecule is CC[C@@H](Br)C(=O)Nc1cc(Cl)ccc1C. The maximum Gasteiger partial charge on any atom is 0.238 e. The molecule has 0 aromatic heterocycles. The first-order chi connectivity index (χ1) is 7.04. The fourth-order valence-corrected chi connectivity index (χ4v) is 1.41. The zero-order chi connectivity index (χ0) is 11.4. The van der Waals surface area contributed by atoms with Gasteiger partial charge in [0.25, 0.3) is 0 Å². The molecule has 0 fully saturated rings. The second-order valence-electron chi connectivity index (χ2n) is 3.32. The van der Waals surface area contributed by atoms with Gasteiger partial charge in [0.15, 0.2) is 0 Å². The highest BCUT2D eigenvalue weighted by molar-refractivity contribution is 9.10. The van der Waals surface area contributed by atoms with Gasteiger partial charge in [0, 0.05) is 10.7 Å². The molecule has 1 aromatic rings. The molecule has 15 heavy (non-hydrogen) atoms. The topological polar surface area (TPSA) is 29.1 Å². The third-order valence-corrected chi connectivity index (χ3v) is 3.40. The van der Waals surface area contributed by atoms with Gasteiger partial charge in [-0.1, -0.05) is 40.5 Å². The monoisotopic (exact) mass is 289 g/mol. The summed E-state index contributed by atoms with van der Waals surface area (Å²) in [5, 5.41) is 3.46. The molecular weight excluding hydrogens is 277 g/mol. The Morgan fingerprint density at radius 2 is 2.27 bits per heavy atom. The third kappa shape index (κ3) is 3.50. The van der Waals surface area contributed by atoms with Gasteiger partial charge in [-0.25, -0.2) is 0 Å². The molecule has 1 rings (SSSR count). The smallest absolute Gasteiger partial charge is 0.238 e. The molecule has 1 aromatic carbocycles. The van der Waals surface area contributed by atoms with Crippen molar-refractivity contribution in [2.75, 3.05) is 5.32 Å². The van der Waals surface area contributed by atoms with E-state index >= 15 is 0 Å². The molecule has 0 saturated carbocycles. The minimum atomic E-state index is -0.157. The van der Waals surface area contributed by atoms with E-state index in [0.29, 0.717) is 5.02 Å². The van der Waals surface area contributed by atoms with Crippen LogP contribution in [0.1, 0.15) is 18.9 Å². The number of nitrogens with one attached hydrogen (secondary N) is 1. The second-order valence-corrected chi connectivity index (χ2v) is 4.87. The van der Waals surface area contributed by atoms with Crippen LogP contribution >= 0.6 is 27.5 Å². The maximum atomic E-state index is 11.6. The first-order valence-electron chi connectivity index (χ1n) is 4.75. The fraction of sp³-hybridized carbons (Fsp3) is 0.364. The molecule has 82 valence electrons. The molecule has 2 nitrogen and oxygen atoms in total. The van der Waals surface area contributed by atoms with Gasteiger partial charge in [-0.2, -0.15) is 0 Å². The Balaban J connectivity index is 2.80. The van der Waals surface area contributed by atoms with Crippen LogP contribution in [-0.4, -0.2) is 10.7 Å². The Kier molecular flexibility index (Phi) is 4.61. The lowest BCUT2D eigenvalue weighted by atomic mass is 10.2. The summed E-state index contributed by atoms with van der Waals surface area (Å²) in [7, 11) is 0. The Labute approximate surface area is 103 Å². The summed E-state index contributed by atoms with van der Waals surface area (Å²) in [4.78, 5) is 11.4. The number of rotatable bonds is 3. The van der Waals surface area contributed by atoms with Crippen molar-refractivity contribution in [2.45, 2.75) is 25.1 Å². The van der Waals surface area contributed by atoms with Crippen molar-refractivity contribution >= 4 is 39.1 Å². The summed E-state index contributed by atoms with van der Waals surface area (Å²) in [5.41, 5.74) is 1.77. The molecule has 0 spiro atoms. The van der Waals surface area contributed by atoms with Crippen molar-refractivity contribution in [3.63, 3.8) is 0 Å². The average molecular weight is 291 g/mol. The Morgan fingerprint density at radius 1 is 1.60 bits per heavy atom. The summed E-state index contributed by atoms with van der Waals surface area (Å²) in [5.74, 6) is -0.0390. The minimum absolute atomic E-state index is 0.0390. The Bertz CT molecular complexity index is 368. The lowest BCUT2D eigenvalue weighted by Gasteiger charge is -2.11. The van der Waals surface area contributed by atoms with Crippen molar-refractivity contribution in [3.8, 4) is 0 Å². The highest BCUT2D eigenvalue weighted by atomic mass is 79.9. The maximum absolute atomic E-state index is 11.6. The van der Waals surface area contributed by atoms with Crippen molar-refractivity contribution in [1.82, 2.24) is 0 Å². The number of amides is 1. The van der Waals surface area contributed by atoms with Crippen LogP contribution in [0.4, 0.5) is 5.69 Å². The van der Waals surface area contributed by atoms with E-state index in [1.54, 1.807) is 12.1 Å². The van der Waals surface area contributed by atoms with Crippen molar-refractivity contribution < 1.29 is 4.79 Å². The second kappa shape index (κ2) is 5.52. The number of hydrogen-bond donors (Lipinski definition) is 1. The molecule has 1 amide bonds. The van der Waals surface area contributed by atoms with E-state index in [1.807, 2.05) is 19.9 Å². The van der Waals surface area contributed by atoms with E-state index < -0.39 is 0 Å². The molecule has 1 N–H and O–H groups in total. The van der Waals surface area contributed by atoms with Crippen LogP contribution in [0.15, 0.2) is 18.2 Å². The van der Waals surface area contributed by atoms with Crippen LogP contribution in [0.3, 0.4) is 0 Å². The summed E-state index contributed by atoms with van der Waals surface area (Å²) >= 11 is 9.15. The molecule has 0 aliphatic rings. The van der Waals surface area contributed by atoms with Crippen LogP contribution in [0, 0.1) is 6.92 Å². The quantitative estimate of drug-likeness (QED) is 0.844.